The van der Waals surface area contributed by atoms with E-state index in [2.05, 4.69) is 6.08 Å². The first-order valence-corrected chi connectivity index (χ1v) is 5.67. The fourth-order valence-corrected chi connectivity index (χ4v) is 2.47. The molecule has 0 aromatic heterocycles. The van der Waals surface area contributed by atoms with E-state index in [9.17, 15) is 8.42 Å². The first-order valence-electron chi connectivity index (χ1n) is 4.28. The van der Waals surface area contributed by atoms with Crippen LogP contribution in [-0.2, 0) is 10.2 Å². The summed E-state index contributed by atoms with van der Waals surface area (Å²) < 4.78 is 26.1. The minimum Gasteiger partial charge on any atom is -0.195 e. The molecular formula is C8H16N2O2S. The summed E-state index contributed by atoms with van der Waals surface area (Å²) in [6, 6.07) is 0. The van der Waals surface area contributed by atoms with E-state index in [0.29, 0.717) is 13.1 Å². The minimum atomic E-state index is -3.21. The smallest absolute Gasteiger partial charge is 0.195 e. The predicted molar refractivity (Wildman–Crippen MR) is 52.6 cm³/mol. The van der Waals surface area contributed by atoms with Crippen LogP contribution in [0.25, 0.3) is 0 Å². The van der Waals surface area contributed by atoms with Gasteiger partial charge in [0.15, 0.2) is 0 Å². The van der Waals surface area contributed by atoms with Crippen molar-refractivity contribution in [2.75, 3.05) is 27.2 Å². The lowest BCUT2D eigenvalue weighted by Crippen LogP contribution is -2.42. The van der Waals surface area contributed by atoms with Gasteiger partial charge in [-0.05, 0) is 13.3 Å². The molecule has 0 radical (unpaired) electrons. The van der Waals surface area contributed by atoms with Crippen molar-refractivity contribution in [2.24, 2.45) is 0 Å². The molecule has 76 valence electrons. The standard InChI is InChI=1S/C8H16N2O2S/c1-8-5-4-6-10(7-8)13(11,12)9(2)3/h5H,4,6-7H2,1-3H3. The summed E-state index contributed by atoms with van der Waals surface area (Å²) in [5.41, 5.74) is 1.12. The molecule has 13 heavy (non-hydrogen) atoms. The summed E-state index contributed by atoms with van der Waals surface area (Å²) in [5, 5.41) is 0. The minimum absolute atomic E-state index is 0.528. The Morgan fingerprint density at radius 1 is 1.46 bits per heavy atom. The maximum absolute atomic E-state index is 11.7. The lowest BCUT2D eigenvalue weighted by molar-refractivity contribution is 0.387. The summed E-state index contributed by atoms with van der Waals surface area (Å²) in [6.45, 7) is 3.08. The van der Waals surface area contributed by atoms with Crippen molar-refractivity contribution >= 4 is 10.2 Å². The van der Waals surface area contributed by atoms with E-state index in [4.69, 9.17) is 0 Å². The number of hydrogen-bond donors (Lipinski definition) is 0. The third-order valence-electron chi connectivity index (χ3n) is 2.08. The highest BCUT2D eigenvalue weighted by molar-refractivity contribution is 7.86. The molecule has 0 spiro atoms. The van der Waals surface area contributed by atoms with E-state index in [1.54, 1.807) is 14.1 Å². The zero-order chi connectivity index (χ0) is 10.1. The quantitative estimate of drug-likeness (QED) is 0.613. The average Bonchev–Trinajstić information content (AvgIpc) is 2.04. The molecule has 0 aromatic carbocycles. The van der Waals surface area contributed by atoms with Crippen molar-refractivity contribution in [1.82, 2.24) is 8.61 Å². The van der Waals surface area contributed by atoms with Crippen LogP contribution in [0.15, 0.2) is 11.6 Å². The second-order valence-electron chi connectivity index (χ2n) is 3.46. The first kappa shape index (κ1) is 10.7. The Hall–Kier alpha value is -0.390. The number of rotatable bonds is 2. The van der Waals surface area contributed by atoms with Crippen LogP contribution in [0.4, 0.5) is 0 Å². The number of nitrogens with zero attached hydrogens (tertiary/aromatic N) is 2. The molecule has 1 aliphatic heterocycles. The lowest BCUT2D eigenvalue weighted by atomic mass is 10.2. The third kappa shape index (κ3) is 2.30. The fraction of sp³-hybridized carbons (Fsp3) is 0.750. The Morgan fingerprint density at radius 2 is 2.08 bits per heavy atom. The van der Waals surface area contributed by atoms with Gasteiger partial charge in [0.1, 0.15) is 0 Å². The van der Waals surface area contributed by atoms with Crippen molar-refractivity contribution in [3.05, 3.63) is 11.6 Å². The first-order chi connectivity index (χ1) is 5.94. The second kappa shape index (κ2) is 3.77. The summed E-state index contributed by atoms with van der Waals surface area (Å²) in [4.78, 5) is 0. The Kier molecular flexibility index (Phi) is 3.10. The van der Waals surface area contributed by atoms with Gasteiger partial charge in [0, 0.05) is 27.2 Å². The van der Waals surface area contributed by atoms with Crippen LogP contribution >= 0.6 is 0 Å². The van der Waals surface area contributed by atoms with Crippen LogP contribution in [0.1, 0.15) is 13.3 Å². The molecule has 0 fully saturated rings. The van der Waals surface area contributed by atoms with Gasteiger partial charge in [0.2, 0.25) is 0 Å². The highest BCUT2D eigenvalue weighted by Gasteiger charge is 2.25. The Labute approximate surface area is 80.0 Å². The largest absolute Gasteiger partial charge is 0.281 e. The van der Waals surface area contributed by atoms with E-state index >= 15 is 0 Å². The van der Waals surface area contributed by atoms with Crippen LogP contribution < -0.4 is 0 Å². The number of hydrogen-bond acceptors (Lipinski definition) is 2. The van der Waals surface area contributed by atoms with Gasteiger partial charge in [0.05, 0.1) is 0 Å². The van der Waals surface area contributed by atoms with Gasteiger partial charge in [0.25, 0.3) is 10.2 Å². The van der Waals surface area contributed by atoms with Crippen molar-refractivity contribution in [2.45, 2.75) is 13.3 Å². The molecule has 0 atom stereocenters. The van der Waals surface area contributed by atoms with Crippen molar-refractivity contribution < 1.29 is 8.42 Å². The zero-order valence-corrected chi connectivity index (χ0v) is 9.13. The van der Waals surface area contributed by atoms with Gasteiger partial charge in [-0.25, -0.2) is 0 Å². The maximum atomic E-state index is 11.7. The molecule has 0 unspecified atom stereocenters. The Balaban J connectivity index is 2.80. The molecule has 1 rings (SSSR count). The molecule has 0 aromatic rings. The normalized spacial score (nSPS) is 20.5. The molecule has 1 heterocycles. The van der Waals surface area contributed by atoms with Gasteiger partial charge in [-0.15, -0.1) is 0 Å². The third-order valence-corrected chi connectivity index (χ3v) is 3.97. The van der Waals surface area contributed by atoms with Crippen LogP contribution in [0.3, 0.4) is 0 Å². The molecule has 0 aliphatic carbocycles. The highest BCUT2D eigenvalue weighted by Crippen LogP contribution is 2.14. The van der Waals surface area contributed by atoms with Crippen LogP contribution in [0, 0.1) is 0 Å². The van der Waals surface area contributed by atoms with Crippen molar-refractivity contribution in [3.8, 4) is 0 Å². The summed E-state index contributed by atoms with van der Waals surface area (Å²) in [6.07, 6.45) is 2.90. The van der Waals surface area contributed by atoms with Gasteiger partial charge in [-0.3, -0.25) is 0 Å². The molecule has 0 N–H and O–H groups in total. The van der Waals surface area contributed by atoms with Gasteiger partial charge in [-0.1, -0.05) is 11.6 Å². The maximum Gasteiger partial charge on any atom is 0.281 e. The molecule has 5 heteroatoms. The molecule has 1 aliphatic rings. The molecular weight excluding hydrogens is 188 g/mol. The highest BCUT2D eigenvalue weighted by atomic mass is 32.2. The van der Waals surface area contributed by atoms with E-state index in [1.807, 2.05) is 6.92 Å². The van der Waals surface area contributed by atoms with Crippen LogP contribution in [-0.4, -0.2) is 44.2 Å². The second-order valence-corrected chi connectivity index (χ2v) is 5.61. The monoisotopic (exact) mass is 204 g/mol. The molecule has 0 saturated carbocycles. The van der Waals surface area contributed by atoms with Gasteiger partial charge < -0.3 is 0 Å². The van der Waals surface area contributed by atoms with Crippen molar-refractivity contribution in [1.29, 1.82) is 0 Å². The van der Waals surface area contributed by atoms with E-state index < -0.39 is 10.2 Å². The SMILES string of the molecule is CC1=CCCN(S(=O)(=O)N(C)C)C1. The summed E-state index contributed by atoms with van der Waals surface area (Å²) >= 11 is 0. The lowest BCUT2D eigenvalue weighted by Gasteiger charge is -2.27. The van der Waals surface area contributed by atoms with Crippen molar-refractivity contribution in [3.63, 3.8) is 0 Å². The van der Waals surface area contributed by atoms with E-state index in [0.717, 1.165) is 12.0 Å². The average molecular weight is 204 g/mol. The molecule has 0 amide bonds. The topological polar surface area (TPSA) is 40.6 Å². The zero-order valence-electron chi connectivity index (χ0n) is 8.32. The van der Waals surface area contributed by atoms with Gasteiger partial charge in [-0.2, -0.15) is 17.0 Å². The summed E-state index contributed by atoms with van der Waals surface area (Å²) in [5.74, 6) is 0. The van der Waals surface area contributed by atoms with E-state index in [1.165, 1.54) is 8.61 Å². The Morgan fingerprint density at radius 3 is 2.54 bits per heavy atom. The molecule has 4 nitrogen and oxygen atoms in total. The predicted octanol–water partition coefficient (Wildman–Crippen LogP) is 0.445. The van der Waals surface area contributed by atoms with Crippen LogP contribution in [0.2, 0.25) is 0 Å². The van der Waals surface area contributed by atoms with E-state index in [-0.39, 0.29) is 0 Å². The molecule has 0 saturated heterocycles. The fourth-order valence-electron chi connectivity index (χ4n) is 1.30. The van der Waals surface area contributed by atoms with Crippen LogP contribution in [0.5, 0.6) is 0 Å². The summed E-state index contributed by atoms with van der Waals surface area (Å²) in [7, 11) is -0.0900. The van der Waals surface area contributed by atoms with Gasteiger partial charge >= 0.3 is 0 Å². The molecule has 0 bridgehead atoms. The Bertz CT molecular complexity index is 306.